The van der Waals surface area contributed by atoms with Crippen LogP contribution in [-0.2, 0) is 27.1 Å². The van der Waals surface area contributed by atoms with E-state index >= 15 is 0 Å². The lowest BCUT2D eigenvalue weighted by Crippen LogP contribution is -2.57. The Labute approximate surface area is 340 Å². The number of para-hydroxylation sites is 1. The Bertz CT molecular complexity index is 2160. The number of likely N-dealkylation sites (tertiary alicyclic amines) is 1. The highest BCUT2D eigenvalue weighted by molar-refractivity contribution is 5.90. The molecule has 1 unspecified atom stereocenters. The van der Waals surface area contributed by atoms with E-state index in [2.05, 4.69) is 79.7 Å². The molecular weight excluding hydrogens is 735 g/mol. The smallest absolute Gasteiger partial charge is 0.248 e. The second kappa shape index (κ2) is 19.8. The lowest BCUT2D eigenvalue weighted by Gasteiger charge is -2.47. The van der Waals surface area contributed by atoms with Gasteiger partial charge < -0.3 is 44.7 Å². The fourth-order valence-electron chi connectivity index (χ4n) is 8.36. The minimum absolute atomic E-state index is 0.0445. The largest absolute Gasteiger partial charge is 0.506 e. The molecule has 2 fully saturated rings. The van der Waals surface area contributed by atoms with E-state index in [-0.39, 0.29) is 29.4 Å². The van der Waals surface area contributed by atoms with Crippen molar-refractivity contribution in [2.24, 2.45) is 0 Å². The zero-order valence-corrected chi connectivity index (χ0v) is 33.8. The lowest BCUT2D eigenvalue weighted by atomic mass is 9.89. The first kappa shape index (κ1) is 41.4. The van der Waals surface area contributed by atoms with Gasteiger partial charge in [0.1, 0.15) is 5.75 Å². The number of fused-ring (bicyclic) bond motifs is 2. The molecule has 7 rings (SSSR count). The molecule has 1 atom stereocenters. The summed E-state index contributed by atoms with van der Waals surface area (Å²) in [5.41, 5.74) is 4.12. The highest BCUT2D eigenvalue weighted by atomic mass is 16.5. The van der Waals surface area contributed by atoms with Crippen molar-refractivity contribution in [1.82, 2.24) is 30.3 Å². The van der Waals surface area contributed by atoms with Crippen LogP contribution in [0.25, 0.3) is 21.8 Å². The van der Waals surface area contributed by atoms with Gasteiger partial charge in [-0.2, -0.15) is 5.10 Å². The number of hydrogen-bond acceptors (Lipinski definition) is 10. The number of hydrogen-bond donors (Lipinski definition) is 5. The first-order valence-corrected chi connectivity index (χ1v) is 21.0. The third-order valence-corrected chi connectivity index (χ3v) is 11.8. The number of anilines is 1. The van der Waals surface area contributed by atoms with Crippen molar-refractivity contribution >= 4 is 33.5 Å². The molecule has 5 aromatic rings. The van der Waals surface area contributed by atoms with E-state index in [4.69, 9.17) is 9.47 Å². The van der Waals surface area contributed by atoms with Crippen LogP contribution in [0.15, 0.2) is 77.6 Å². The average molecular weight is 794 g/mol. The van der Waals surface area contributed by atoms with E-state index in [0.29, 0.717) is 55.7 Å². The molecule has 2 saturated heterocycles. The van der Waals surface area contributed by atoms with Crippen LogP contribution in [0.5, 0.6) is 5.75 Å². The van der Waals surface area contributed by atoms with Crippen LogP contribution in [0.1, 0.15) is 61.8 Å². The predicted molar refractivity (Wildman–Crippen MR) is 228 cm³/mol. The van der Waals surface area contributed by atoms with Gasteiger partial charge in [0.05, 0.1) is 49.0 Å². The minimum atomic E-state index is -0.856. The molecule has 1 spiro atoms. The number of aliphatic hydroxyl groups excluding tert-OH is 1. The number of carbonyl (C=O) groups is 1. The summed E-state index contributed by atoms with van der Waals surface area (Å²) >= 11 is 0. The van der Waals surface area contributed by atoms with Crippen LogP contribution in [0.2, 0.25) is 0 Å². The van der Waals surface area contributed by atoms with Gasteiger partial charge in [-0.3, -0.25) is 14.7 Å². The second-order valence-electron chi connectivity index (χ2n) is 15.8. The SMILES string of the molecule is CCCCN(CCNCC(O)c1ccc(O)c2[nH]c(=O)ccc12)C(=O)CCOCCc1cccc(CCN2CCC3(CC2)CN(c2n[nH]c4ccccc24)CCO3)c1. The first-order chi connectivity index (χ1) is 28.3. The normalized spacial score (nSPS) is 16.3. The topological polar surface area (TPSA) is 159 Å². The molecule has 13 heteroatoms. The number of piperidine rings is 1. The fraction of sp³-hybridized carbons (Fsp3) is 0.489. The predicted octanol–water partition coefficient (Wildman–Crippen LogP) is 4.93. The Morgan fingerprint density at radius 1 is 1.00 bits per heavy atom. The van der Waals surface area contributed by atoms with Crippen LogP contribution in [0.3, 0.4) is 0 Å². The summed E-state index contributed by atoms with van der Waals surface area (Å²) in [4.78, 5) is 34.4. The first-order valence-electron chi connectivity index (χ1n) is 21.0. The number of pyridine rings is 1. The number of phenols is 1. The van der Waals surface area contributed by atoms with Crippen LogP contribution in [0.4, 0.5) is 5.82 Å². The number of aromatic hydroxyl groups is 1. The molecule has 0 radical (unpaired) electrons. The van der Waals surface area contributed by atoms with Crippen molar-refractivity contribution in [1.29, 1.82) is 0 Å². The molecule has 0 bridgehead atoms. The molecule has 2 aliphatic rings. The maximum absolute atomic E-state index is 13.2. The summed E-state index contributed by atoms with van der Waals surface area (Å²) in [6.45, 7) is 10.6. The van der Waals surface area contributed by atoms with E-state index in [0.717, 1.165) is 89.2 Å². The summed E-state index contributed by atoms with van der Waals surface area (Å²) in [6.07, 6.45) is 5.21. The molecule has 0 aliphatic carbocycles. The third kappa shape index (κ3) is 10.4. The second-order valence-corrected chi connectivity index (χ2v) is 15.8. The van der Waals surface area contributed by atoms with Crippen LogP contribution < -0.4 is 15.8 Å². The Morgan fingerprint density at radius 3 is 2.67 bits per heavy atom. The van der Waals surface area contributed by atoms with Gasteiger partial charge in [-0.05, 0) is 73.1 Å². The summed E-state index contributed by atoms with van der Waals surface area (Å²) in [6, 6.07) is 23.2. The fourth-order valence-corrected chi connectivity index (χ4v) is 8.36. The number of unbranched alkanes of at least 4 members (excludes halogenated alkanes) is 1. The summed E-state index contributed by atoms with van der Waals surface area (Å²) in [7, 11) is 0. The van der Waals surface area contributed by atoms with Crippen molar-refractivity contribution in [3.63, 3.8) is 0 Å². The van der Waals surface area contributed by atoms with Crippen LogP contribution >= 0.6 is 0 Å². The van der Waals surface area contributed by atoms with E-state index in [1.807, 2.05) is 11.0 Å². The minimum Gasteiger partial charge on any atom is -0.506 e. The van der Waals surface area contributed by atoms with Gasteiger partial charge in [0.25, 0.3) is 0 Å². The Morgan fingerprint density at radius 2 is 1.83 bits per heavy atom. The van der Waals surface area contributed by atoms with Gasteiger partial charge in [0.2, 0.25) is 11.5 Å². The Balaban J connectivity index is 0.791. The van der Waals surface area contributed by atoms with Gasteiger partial charge in [-0.1, -0.05) is 55.8 Å². The number of H-pyrrole nitrogens is 2. The van der Waals surface area contributed by atoms with Crippen molar-refractivity contribution in [3.05, 3.63) is 99.8 Å². The van der Waals surface area contributed by atoms with Crippen molar-refractivity contribution in [2.45, 2.75) is 63.6 Å². The molecule has 4 heterocycles. The van der Waals surface area contributed by atoms with Crippen molar-refractivity contribution in [3.8, 4) is 5.75 Å². The van der Waals surface area contributed by atoms with Crippen molar-refractivity contribution < 1.29 is 24.5 Å². The van der Waals surface area contributed by atoms with Gasteiger partial charge >= 0.3 is 0 Å². The van der Waals surface area contributed by atoms with Crippen LogP contribution in [0, 0.1) is 0 Å². The molecule has 310 valence electrons. The monoisotopic (exact) mass is 793 g/mol. The van der Waals surface area contributed by atoms with E-state index < -0.39 is 6.10 Å². The number of phenolic OH excluding ortho intramolecular Hbond substituents is 1. The molecular formula is C45H59N7O6. The number of aromatic amines is 2. The number of nitrogens with one attached hydrogen (secondary N) is 3. The third-order valence-electron chi connectivity index (χ3n) is 11.8. The number of rotatable bonds is 19. The maximum atomic E-state index is 13.2. The highest BCUT2D eigenvalue weighted by Crippen LogP contribution is 2.34. The molecule has 13 nitrogen and oxygen atoms in total. The van der Waals surface area contributed by atoms with E-state index in [1.54, 1.807) is 12.1 Å². The number of aromatic nitrogens is 3. The number of morpholine rings is 1. The van der Waals surface area contributed by atoms with E-state index in [9.17, 15) is 19.8 Å². The summed E-state index contributed by atoms with van der Waals surface area (Å²) < 4.78 is 12.4. The number of aliphatic hydroxyl groups is 1. The Hall–Kier alpha value is -4.79. The number of amides is 1. The number of nitrogens with zero attached hydrogens (tertiary/aromatic N) is 4. The molecule has 58 heavy (non-hydrogen) atoms. The van der Waals surface area contributed by atoms with E-state index in [1.165, 1.54) is 28.6 Å². The summed E-state index contributed by atoms with van der Waals surface area (Å²) in [5, 5.41) is 33.9. The number of benzene rings is 3. The maximum Gasteiger partial charge on any atom is 0.248 e. The molecule has 1 amide bonds. The zero-order valence-electron chi connectivity index (χ0n) is 33.8. The Kier molecular flexibility index (Phi) is 14.1. The zero-order chi connectivity index (χ0) is 40.3. The van der Waals surface area contributed by atoms with Gasteiger partial charge in [0.15, 0.2) is 5.82 Å². The molecule has 0 saturated carbocycles. The van der Waals surface area contributed by atoms with Gasteiger partial charge in [-0.25, -0.2) is 0 Å². The quantitative estimate of drug-likeness (QED) is 0.0727. The average Bonchev–Trinajstić information content (AvgIpc) is 3.68. The lowest BCUT2D eigenvalue weighted by molar-refractivity contribution is -0.132. The molecule has 5 N–H and O–H groups in total. The standard InChI is InChI=1S/C45H59N7O6/c1-2-3-21-51(25-20-46-31-40(54)35-11-13-39(53)43-36(35)12-14-41(55)47-43)42(56)17-28-57-27-16-34-8-6-7-33(30-34)15-22-50-23-18-45(19-24-50)32-52(26-29-58-45)44-37-9-4-5-10-38(37)48-49-44/h4-14,30,40,46,53-54H,2-3,15-29,31-32H2,1H3,(H,47,55)(H,48,49). The van der Waals surface area contributed by atoms with Crippen LogP contribution in [-0.4, -0.2) is 125 Å². The molecule has 2 aromatic heterocycles. The van der Waals surface area contributed by atoms with Gasteiger partial charge in [0, 0.05) is 75.7 Å². The summed E-state index contributed by atoms with van der Waals surface area (Å²) in [5.74, 6) is 1.05. The number of ether oxygens (including phenoxy) is 2. The van der Waals surface area contributed by atoms with Crippen molar-refractivity contribution in [2.75, 3.05) is 83.6 Å². The molecule has 3 aromatic carbocycles. The van der Waals surface area contributed by atoms with Gasteiger partial charge in [-0.15, -0.1) is 0 Å². The molecule has 2 aliphatic heterocycles. The number of carbonyl (C=O) groups excluding carboxylic acids is 1. The highest BCUT2D eigenvalue weighted by Gasteiger charge is 2.40.